The van der Waals surface area contributed by atoms with Crippen molar-refractivity contribution in [3.63, 3.8) is 0 Å². The van der Waals surface area contributed by atoms with E-state index in [9.17, 15) is 0 Å². The van der Waals surface area contributed by atoms with Gasteiger partial charge in [0.2, 0.25) is 0 Å². The molecule has 2 aliphatic rings. The van der Waals surface area contributed by atoms with Gasteiger partial charge in [0.25, 0.3) is 0 Å². The van der Waals surface area contributed by atoms with Crippen LogP contribution in [0.4, 0.5) is 0 Å². The molecule has 1 aliphatic carbocycles. The van der Waals surface area contributed by atoms with Crippen LogP contribution in [0.1, 0.15) is 52.4 Å². The molecule has 0 radical (unpaired) electrons. The summed E-state index contributed by atoms with van der Waals surface area (Å²) in [6.07, 6.45) is 7.79. The van der Waals surface area contributed by atoms with Crippen LogP contribution in [0.2, 0.25) is 0 Å². The molecule has 2 fully saturated rings. The Balaban J connectivity index is 1.87. The first-order chi connectivity index (χ1) is 9.15. The lowest BCUT2D eigenvalue weighted by atomic mass is 9.79. The Bertz CT molecular complexity index is 259. The van der Waals surface area contributed by atoms with Crippen molar-refractivity contribution < 1.29 is 4.74 Å². The van der Waals surface area contributed by atoms with E-state index in [4.69, 9.17) is 4.74 Å². The highest BCUT2D eigenvalue weighted by Crippen LogP contribution is 2.33. The largest absolute Gasteiger partial charge is 0.381 e. The molecule has 19 heavy (non-hydrogen) atoms. The molecule has 2 rings (SSSR count). The smallest absolute Gasteiger partial charge is 0.0472 e. The highest BCUT2D eigenvalue weighted by molar-refractivity contribution is 4.91. The zero-order valence-corrected chi connectivity index (χ0v) is 13.1. The van der Waals surface area contributed by atoms with Crippen LogP contribution in [0.5, 0.6) is 0 Å². The van der Waals surface area contributed by atoms with Crippen LogP contribution >= 0.6 is 0 Å². The van der Waals surface area contributed by atoms with Crippen molar-refractivity contribution >= 4 is 0 Å². The van der Waals surface area contributed by atoms with Gasteiger partial charge in [-0.15, -0.1) is 0 Å². The lowest BCUT2D eigenvalue weighted by Gasteiger charge is -2.42. The van der Waals surface area contributed by atoms with Crippen molar-refractivity contribution in [2.24, 2.45) is 5.41 Å². The van der Waals surface area contributed by atoms with E-state index in [-0.39, 0.29) is 0 Å². The first-order valence-corrected chi connectivity index (χ1v) is 8.16. The SMILES string of the molecule is CCCC(C)N(C)CC1(CNC2CC2)CCOCC1. The molecule has 0 bridgehead atoms. The molecule has 3 nitrogen and oxygen atoms in total. The molecule has 1 N–H and O–H groups in total. The fraction of sp³-hybridized carbons (Fsp3) is 1.00. The molecule has 1 saturated carbocycles. The van der Waals surface area contributed by atoms with Gasteiger partial charge in [0.05, 0.1) is 0 Å². The van der Waals surface area contributed by atoms with Crippen LogP contribution in [0.15, 0.2) is 0 Å². The second-order valence-electron chi connectivity index (χ2n) is 6.82. The molecule has 1 unspecified atom stereocenters. The Labute approximate surface area is 119 Å². The first-order valence-electron chi connectivity index (χ1n) is 8.16. The molecule has 1 saturated heterocycles. The summed E-state index contributed by atoms with van der Waals surface area (Å²) in [5.41, 5.74) is 0.442. The summed E-state index contributed by atoms with van der Waals surface area (Å²) in [6, 6.07) is 1.52. The average molecular weight is 268 g/mol. The molecule has 0 aromatic rings. The van der Waals surface area contributed by atoms with Gasteiger partial charge in [-0.05, 0) is 51.5 Å². The van der Waals surface area contributed by atoms with E-state index >= 15 is 0 Å². The number of nitrogens with zero attached hydrogens (tertiary/aromatic N) is 1. The molecule has 1 aliphatic heterocycles. The normalized spacial score (nSPS) is 24.6. The molecule has 0 aromatic heterocycles. The highest BCUT2D eigenvalue weighted by atomic mass is 16.5. The Morgan fingerprint density at radius 2 is 2.00 bits per heavy atom. The maximum atomic E-state index is 5.59. The van der Waals surface area contributed by atoms with Crippen LogP contribution < -0.4 is 5.32 Å². The molecule has 0 amide bonds. The topological polar surface area (TPSA) is 24.5 Å². The predicted molar refractivity (Wildman–Crippen MR) is 80.5 cm³/mol. The van der Waals surface area contributed by atoms with Crippen molar-refractivity contribution in [3.05, 3.63) is 0 Å². The maximum Gasteiger partial charge on any atom is 0.0472 e. The number of hydrogen-bond donors (Lipinski definition) is 1. The van der Waals surface area contributed by atoms with E-state index < -0.39 is 0 Å². The van der Waals surface area contributed by atoms with Gasteiger partial charge in [-0.25, -0.2) is 0 Å². The standard InChI is InChI=1S/C16H32N2O/c1-4-5-14(2)18(3)13-16(8-10-19-11-9-16)12-17-15-6-7-15/h14-15,17H,4-13H2,1-3H3. The minimum Gasteiger partial charge on any atom is -0.381 e. The Kier molecular flexibility index (Phi) is 5.67. The molecule has 3 heteroatoms. The van der Waals surface area contributed by atoms with E-state index in [2.05, 4.69) is 31.1 Å². The third kappa shape index (κ3) is 4.73. The van der Waals surface area contributed by atoms with Gasteiger partial charge >= 0.3 is 0 Å². The quantitative estimate of drug-likeness (QED) is 0.732. The van der Waals surface area contributed by atoms with Gasteiger partial charge in [0, 0.05) is 38.4 Å². The van der Waals surface area contributed by atoms with E-state index in [1.54, 1.807) is 0 Å². The molecular formula is C16H32N2O. The van der Waals surface area contributed by atoms with Crippen molar-refractivity contribution in [2.75, 3.05) is 33.4 Å². The van der Waals surface area contributed by atoms with Crippen LogP contribution in [0.3, 0.4) is 0 Å². The van der Waals surface area contributed by atoms with Crippen LogP contribution in [0, 0.1) is 5.41 Å². The van der Waals surface area contributed by atoms with Gasteiger partial charge in [-0.2, -0.15) is 0 Å². The fourth-order valence-electron chi connectivity index (χ4n) is 3.17. The second kappa shape index (κ2) is 7.05. The number of hydrogen-bond acceptors (Lipinski definition) is 3. The van der Waals surface area contributed by atoms with Crippen molar-refractivity contribution in [3.8, 4) is 0 Å². The monoisotopic (exact) mass is 268 g/mol. The molecular weight excluding hydrogens is 236 g/mol. The van der Waals surface area contributed by atoms with Gasteiger partial charge < -0.3 is 15.0 Å². The predicted octanol–water partition coefficient (Wildman–Crippen LogP) is 2.66. The fourth-order valence-corrected chi connectivity index (χ4v) is 3.17. The lowest BCUT2D eigenvalue weighted by Crippen LogP contribution is -2.48. The Morgan fingerprint density at radius 3 is 2.58 bits per heavy atom. The van der Waals surface area contributed by atoms with E-state index in [1.165, 1.54) is 51.6 Å². The summed E-state index contributed by atoms with van der Waals surface area (Å²) in [5.74, 6) is 0. The molecule has 112 valence electrons. The zero-order valence-electron chi connectivity index (χ0n) is 13.1. The molecule has 1 atom stereocenters. The third-order valence-electron chi connectivity index (χ3n) is 4.94. The summed E-state index contributed by atoms with van der Waals surface area (Å²) in [4.78, 5) is 2.57. The van der Waals surface area contributed by atoms with E-state index in [1.807, 2.05) is 0 Å². The van der Waals surface area contributed by atoms with Crippen LogP contribution in [-0.2, 0) is 4.74 Å². The summed E-state index contributed by atoms with van der Waals surface area (Å²) >= 11 is 0. The van der Waals surface area contributed by atoms with E-state index in [0.717, 1.165) is 19.3 Å². The minimum absolute atomic E-state index is 0.442. The van der Waals surface area contributed by atoms with Gasteiger partial charge in [0.15, 0.2) is 0 Å². The average Bonchev–Trinajstić information content (AvgIpc) is 3.22. The van der Waals surface area contributed by atoms with Crippen molar-refractivity contribution in [2.45, 2.75) is 64.5 Å². The maximum absolute atomic E-state index is 5.59. The van der Waals surface area contributed by atoms with Gasteiger partial charge in [0.1, 0.15) is 0 Å². The summed E-state index contributed by atoms with van der Waals surface area (Å²) in [7, 11) is 2.30. The lowest BCUT2D eigenvalue weighted by molar-refractivity contribution is -0.00633. The highest BCUT2D eigenvalue weighted by Gasteiger charge is 2.36. The van der Waals surface area contributed by atoms with Crippen LogP contribution in [0.25, 0.3) is 0 Å². The summed E-state index contributed by atoms with van der Waals surface area (Å²) < 4.78 is 5.59. The molecule has 1 heterocycles. The van der Waals surface area contributed by atoms with Crippen molar-refractivity contribution in [1.82, 2.24) is 10.2 Å². The zero-order chi connectivity index (χ0) is 13.7. The Hall–Kier alpha value is -0.120. The van der Waals surface area contributed by atoms with Crippen LogP contribution in [-0.4, -0.2) is 50.3 Å². The Morgan fingerprint density at radius 1 is 1.32 bits per heavy atom. The number of nitrogens with one attached hydrogen (secondary N) is 1. The third-order valence-corrected chi connectivity index (χ3v) is 4.94. The van der Waals surface area contributed by atoms with Gasteiger partial charge in [-0.3, -0.25) is 0 Å². The van der Waals surface area contributed by atoms with Gasteiger partial charge in [-0.1, -0.05) is 13.3 Å². The van der Waals surface area contributed by atoms with Crippen molar-refractivity contribution in [1.29, 1.82) is 0 Å². The second-order valence-corrected chi connectivity index (χ2v) is 6.82. The summed E-state index contributed by atoms with van der Waals surface area (Å²) in [5, 5.41) is 3.76. The molecule has 0 spiro atoms. The summed E-state index contributed by atoms with van der Waals surface area (Å²) in [6.45, 7) is 8.94. The minimum atomic E-state index is 0.442. The number of ether oxygens (including phenoxy) is 1. The van der Waals surface area contributed by atoms with E-state index in [0.29, 0.717) is 11.5 Å². The first kappa shape index (κ1) is 15.3. The number of rotatable bonds is 8. The molecule has 0 aromatic carbocycles.